The maximum Gasteiger partial charge on any atom is 0.409 e. The maximum atomic E-state index is 13.8. The van der Waals surface area contributed by atoms with Crippen LogP contribution in [0.3, 0.4) is 0 Å². The van der Waals surface area contributed by atoms with Gasteiger partial charge in [-0.05, 0) is 29.8 Å². The maximum absolute atomic E-state index is 13.8. The lowest BCUT2D eigenvalue weighted by atomic mass is 10.1. The number of sulfonamides is 1. The number of aryl methyl sites for hydroxylation is 1. The van der Waals surface area contributed by atoms with E-state index in [2.05, 4.69) is 22.0 Å². The first-order valence-corrected chi connectivity index (χ1v) is 9.34. The molecule has 0 amide bonds. The lowest BCUT2D eigenvalue weighted by Gasteiger charge is -2.31. The Labute approximate surface area is 158 Å². The fourth-order valence-corrected chi connectivity index (χ4v) is 4.13. The minimum Gasteiger partial charge on any atom is -0.248 e. The third kappa shape index (κ3) is 4.44. The van der Waals surface area contributed by atoms with Crippen LogP contribution in [0, 0.1) is 5.82 Å². The summed E-state index contributed by atoms with van der Waals surface area (Å²) in [6.07, 6.45) is -4.94. The Morgan fingerprint density at radius 3 is 2.29 bits per heavy atom. The minimum atomic E-state index is -4.94. The lowest BCUT2D eigenvalue weighted by Crippen LogP contribution is -2.43. The molecule has 0 N–H and O–H groups in total. The number of hydrogen-bond acceptors (Lipinski definition) is 5. The van der Waals surface area contributed by atoms with E-state index in [4.69, 9.17) is 0 Å². The van der Waals surface area contributed by atoms with Crippen LogP contribution in [-0.2, 0) is 17.1 Å². The second-order valence-corrected chi connectivity index (χ2v) is 7.44. The van der Waals surface area contributed by atoms with Gasteiger partial charge in [0.15, 0.2) is 10.5 Å². The van der Waals surface area contributed by atoms with Gasteiger partial charge in [0.25, 0.3) is 10.0 Å². The smallest absolute Gasteiger partial charge is 0.248 e. The molecule has 0 bridgehead atoms. The van der Waals surface area contributed by atoms with Gasteiger partial charge in [-0.25, -0.2) is 17.5 Å². The van der Waals surface area contributed by atoms with Crippen LogP contribution in [0.25, 0.3) is 0 Å². The van der Waals surface area contributed by atoms with E-state index in [0.717, 1.165) is 35.0 Å². The van der Waals surface area contributed by atoms with Gasteiger partial charge in [0.1, 0.15) is 11.9 Å². The molecule has 7 nitrogen and oxygen atoms in total. The Bertz CT molecular complexity index is 1020. The topological polar surface area (TPSA) is 79.9 Å². The zero-order valence-corrected chi connectivity index (χ0v) is 15.7. The monoisotopic (exact) mass is 419 g/mol. The van der Waals surface area contributed by atoms with Crippen molar-refractivity contribution in [2.75, 3.05) is 6.54 Å². The number of hydrogen-bond donors (Lipinski definition) is 0. The van der Waals surface area contributed by atoms with Crippen molar-refractivity contribution in [1.82, 2.24) is 14.1 Å². The molecular weight excluding hydrogens is 402 g/mol. The van der Waals surface area contributed by atoms with Crippen molar-refractivity contribution in [3.05, 3.63) is 53.3 Å². The van der Waals surface area contributed by atoms with E-state index in [1.54, 1.807) is 0 Å². The molecule has 0 radical (unpaired) electrons. The molecule has 2 aromatic rings. The number of benzene rings is 1. The van der Waals surface area contributed by atoms with Gasteiger partial charge < -0.3 is 0 Å². The van der Waals surface area contributed by atoms with Crippen molar-refractivity contribution in [3.63, 3.8) is 0 Å². The van der Waals surface area contributed by atoms with Gasteiger partial charge >= 0.3 is 6.18 Å². The molecule has 152 valence electrons. The average Bonchev–Trinajstić information content (AvgIpc) is 2.61. The highest BCUT2D eigenvalue weighted by Gasteiger charge is 2.49. The van der Waals surface area contributed by atoms with Gasteiger partial charge in [-0.3, -0.25) is 0 Å². The lowest BCUT2D eigenvalue weighted by molar-refractivity contribution is -0.173. The molecule has 0 aliphatic heterocycles. The molecule has 0 saturated carbocycles. The average molecular weight is 419 g/mol. The zero-order valence-electron chi connectivity index (χ0n) is 14.9. The molecule has 2 rings (SSSR count). The Morgan fingerprint density at radius 1 is 1.21 bits per heavy atom. The second-order valence-electron chi connectivity index (χ2n) is 5.60. The summed E-state index contributed by atoms with van der Waals surface area (Å²) in [5.74, 6) is -0.737. The minimum absolute atomic E-state index is 0.155. The van der Waals surface area contributed by atoms with Gasteiger partial charge in [-0.1, -0.05) is 19.1 Å². The molecule has 0 saturated heterocycles. The number of rotatable bonds is 6. The molecule has 0 fully saturated rings. The molecule has 1 aromatic heterocycles. The highest BCUT2D eigenvalue weighted by molar-refractivity contribution is 7.89. The third-order valence-corrected chi connectivity index (χ3v) is 5.63. The van der Waals surface area contributed by atoms with Gasteiger partial charge in [0.2, 0.25) is 0 Å². The first-order valence-electron chi connectivity index (χ1n) is 7.90. The van der Waals surface area contributed by atoms with Crippen LogP contribution in [0.1, 0.15) is 18.5 Å². The van der Waals surface area contributed by atoms with Crippen LogP contribution >= 0.6 is 0 Å². The van der Waals surface area contributed by atoms with Crippen molar-refractivity contribution in [2.24, 2.45) is 17.3 Å². The van der Waals surface area contributed by atoms with Crippen molar-refractivity contribution >= 4 is 16.7 Å². The summed E-state index contributed by atoms with van der Waals surface area (Å²) >= 11 is 0. The highest BCUT2D eigenvalue weighted by Crippen LogP contribution is 2.40. The Hall–Kier alpha value is -2.60. The Kier molecular flexibility index (Phi) is 6.34. The van der Waals surface area contributed by atoms with Gasteiger partial charge in [0.05, 0.1) is 0 Å². The third-order valence-electron chi connectivity index (χ3n) is 3.80. The number of aromatic nitrogens is 2. The fourth-order valence-electron chi connectivity index (χ4n) is 2.57. The highest BCUT2D eigenvalue weighted by atomic mass is 32.2. The van der Waals surface area contributed by atoms with E-state index in [-0.39, 0.29) is 9.79 Å². The quantitative estimate of drug-likeness (QED) is 0.410. The molecule has 1 atom stereocenters. The predicted octanol–water partition coefficient (Wildman–Crippen LogP) is 2.39. The molecule has 1 aromatic carbocycles. The summed E-state index contributed by atoms with van der Waals surface area (Å²) in [7, 11) is -3.28. The Balaban J connectivity index is 2.61. The largest absolute Gasteiger partial charge is 0.409 e. The van der Waals surface area contributed by atoms with Crippen LogP contribution in [-0.4, -0.2) is 41.9 Å². The molecular formula is C16H17F4N5O2S. The molecule has 28 heavy (non-hydrogen) atoms. The van der Waals surface area contributed by atoms with Crippen molar-refractivity contribution in [3.8, 4) is 0 Å². The first kappa shape index (κ1) is 21.7. The molecule has 0 unspecified atom stereocenters. The fraction of sp³-hybridized carbons (Fsp3) is 0.312. The van der Waals surface area contributed by atoms with Gasteiger partial charge in [-0.2, -0.15) is 27.7 Å². The zero-order chi connectivity index (χ0) is 21.1. The van der Waals surface area contributed by atoms with E-state index < -0.39 is 45.2 Å². The van der Waals surface area contributed by atoms with Crippen LogP contribution in [0.4, 0.5) is 17.6 Å². The summed E-state index contributed by atoms with van der Waals surface area (Å²) in [6, 6.07) is 3.24. The van der Waals surface area contributed by atoms with E-state index in [1.165, 1.54) is 20.0 Å². The van der Waals surface area contributed by atoms with Gasteiger partial charge in [0, 0.05) is 20.3 Å². The summed E-state index contributed by atoms with van der Waals surface area (Å²) < 4.78 is 81.6. The first-order chi connectivity index (χ1) is 13.0. The van der Waals surface area contributed by atoms with E-state index in [1.807, 2.05) is 0 Å². The summed E-state index contributed by atoms with van der Waals surface area (Å²) in [5, 5.41) is 10.1. The normalized spacial score (nSPS) is 14.3. The van der Waals surface area contributed by atoms with Crippen LogP contribution < -0.4 is 5.49 Å². The van der Waals surface area contributed by atoms with E-state index in [9.17, 15) is 26.0 Å². The SMILES string of the molecule is C=N/N=c1/ccc(S(=O)(=O)N(CC)[C@H](c2ccc(F)cc2)C(F)(F)F)nn1C. The van der Waals surface area contributed by atoms with E-state index >= 15 is 0 Å². The second kappa shape index (κ2) is 8.19. The molecule has 0 spiro atoms. The van der Waals surface area contributed by atoms with Gasteiger partial charge in [-0.15, -0.1) is 5.10 Å². The Morgan fingerprint density at radius 2 is 1.82 bits per heavy atom. The van der Waals surface area contributed by atoms with Crippen LogP contribution in [0.5, 0.6) is 0 Å². The molecule has 0 aliphatic rings. The van der Waals surface area contributed by atoms with Crippen molar-refractivity contribution < 1.29 is 26.0 Å². The molecule has 0 aliphatic carbocycles. The number of alkyl halides is 3. The predicted molar refractivity (Wildman–Crippen MR) is 93.1 cm³/mol. The van der Waals surface area contributed by atoms with Crippen molar-refractivity contribution in [1.29, 1.82) is 0 Å². The molecule has 12 heteroatoms. The standard InChI is InChI=1S/C16H17F4N5O2S/c1-4-25(15(16(18,19)20)11-5-7-12(17)8-6-11)28(26,27)14-10-9-13(22-21-2)24(3)23-14/h5-10,15H,2,4H2,1,3H3/b22-13-/t15-/m1/s1. The number of halogens is 4. The summed E-state index contributed by atoms with van der Waals surface area (Å²) in [5.41, 5.74) is -0.255. The van der Waals surface area contributed by atoms with E-state index in [0.29, 0.717) is 0 Å². The number of nitrogens with zero attached hydrogens (tertiary/aromatic N) is 5. The van der Waals surface area contributed by atoms with Crippen LogP contribution in [0.15, 0.2) is 51.6 Å². The van der Waals surface area contributed by atoms with Crippen molar-refractivity contribution in [2.45, 2.75) is 24.2 Å². The summed E-state index contributed by atoms with van der Waals surface area (Å²) in [4.78, 5) is 0. The summed E-state index contributed by atoms with van der Waals surface area (Å²) in [6.45, 7) is 3.94. The van der Waals surface area contributed by atoms with Crippen LogP contribution in [0.2, 0.25) is 0 Å². The molecule has 1 heterocycles.